The Balaban J connectivity index is 1.51. The highest BCUT2D eigenvalue weighted by atomic mass is 19.1. The first kappa shape index (κ1) is 16.2. The lowest BCUT2D eigenvalue weighted by atomic mass is 10.1. The van der Waals surface area contributed by atoms with Crippen LogP contribution in [0, 0.1) is 12.7 Å². The van der Waals surface area contributed by atoms with Gasteiger partial charge in [-0.1, -0.05) is 12.1 Å². The van der Waals surface area contributed by atoms with E-state index in [1.165, 1.54) is 16.8 Å². The van der Waals surface area contributed by atoms with Gasteiger partial charge < -0.3 is 14.6 Å². The molecule has 0 bridgehead atoms. The fourth-order valence-corrected chi connectivity index (χ4v) is 3.73. The lowest BCUT2D eigenvalue weighted by Crippen LogP contribution is -2.24. The molecule has 0 amide bonds. The SMILES string of the molecule is Cc1cccc(OCCCn2c3c(c4cc(F)ccc42)CNCC3)c1. The van der Waals surface area contributed by atoms with Crippen LogP contribution >= 0.6 is 0 Å². The molecule has 0 atom stereocenters. The Hall–Kier alpha value is -2.33. The van der Waals surface area contributed by atoms with E-state index >= 15 is 0 Å². The Morgan fingerprint density at radius 2 is 2.12 bits per heavy atom. The largest absolute Gasteiger partial charge is 0.494 e. The number of rotatable bonds is 5. The number of nitrogens with zero attached hydrogens (tertiary/aromatic N) is 1. The summed E-state index contributed by atoms with van der Waals surface area (Å²) in [6.07, 6.45) is 1.92. The third-order valence-electron chi connectivity index (χ3n) is 4.87. The van der Waals surface area contributed by atoms with Gasteiger partial charge in [-0.25, -0.2) is 4.39 Å². The molecule has 0 unspecified atom stereocenters. The Labute approximate surface area is 147 Å². The van der Waals surface area contributed by atoms with Crippen molar-refractivity contribution in [3.8, 4) is 5.75 Å². The summed E-state index contributed by atoms with van der Waals surface area (Å²) in [5, 5.41) is 4.44. The van der Waals surface area contributed by atoms with Crippen LogP contribution in [0.15, 0.2) is 42.5 Å². The normalized spacial score (nSPS) is 13.8. The third-order valence-corrected chi connectivity index (χ3v) is 4.87. The van der Waals surface area contributed by atoms with E-state index in [0.717, 1.165) is 49.1 Å². The van der Waals surface area contributed by atoms with Crippen LogP contribution < -0.4 is 10.1 Å². The van der Waals surface area contributed by atoms with Gasteiger partial charge in [0.1, 0.15) is 11.6 Å². The molecular formula is C21H23FN2O. The molecule has 1 aliphatic rings. The molecule has 0 aliphatic carbocycles. The monoisotopic (exact) mass is 338 g/mol. The average Bonchev–Trinajstić information content (AvgIpc) is 2.92. The summed E-state index contributed by atoms with van der Waals surface area (Å²) in [6, 6.07) is 13.3. The van der Waals surface area contributed by atoms with Crippen LogP contribution in [-0.2, 0) is 19.5 Å². The highest BCUT2D eigenvalue weighted by Gasteiger charge is 2.19. The zero-order valence-electron chi connectivity index (χ0n) is 14.5. The van der Waals surface area contributed by atoms with E-state index in [-0.39, 0.29) is 5.82 Å². The van der Waals surface area contributed by atoms with Gasteiger partial charge in [-0.3, -0.25) is 0 Å². The van der Waals surface area contributed by atoms with Gasteiger partial charge in [0.25, 0.3) is 0 Å². The fraction of sp³-hybridized carbons (Fsp3) is 0.333. The van der Waals surface area contributed by atoms with Gasteiger partial charge >= 0.3 is 0 Å². The maximum absolute atomic E-state index is 13.7. The fourth-order valence-electron chi connectivity index (χ4n) is 3.73. The summed E-state index contributed by atoms with van der Waals surface area (Å²) in [5.74, 6) is 0.756. The lowest BCUT2D eigenvalue weighted by Gasteiger charge is -2.17. The maximum Gasteiger partial charge on any atom is 0.123 e. The summed E-state index contributed by atoms with van der Waals surface area (Å²) in [6.45, 7) is 5.44. The zero-order chi connectivity index (χ0) is 17.2. The molecule has 4 heteroatoms. The molecule has 4 rings (SSSR count). The predicted octanol–water partition coefficient (Wildman–Crippen LogP) is 4.20. The minimum Gasteiger partial charge on any atom is -0.494 e. The van der Waals surface area contributed by atoms with Gasteiger partial charge in [0.15, 0.2) is 0 Å². The standard InChI is InChI=1S/C21H23FN2O/c1-15-4-2-5-17(12-15)25-11-3-10-24-20-7-6-16(22)13-18(20)19-14-23-9-8-21(19)24/h2,4-7,12-13,23H,3,8-11,14H2,1H3. The molecule has 0 saturated carbocycles. The van der Waals surface area contributed by atoms with Crippen molar-refractivity contribution in [1.29, 1.82) is 0 Å². The van der Waals surface area contributed by atoms with Crippen molar-refractivity contribution >= 4 is 10.9 Å². The number of nitrogens with one attached hydrogen (secondary N) is 1. The second-order valence-electron chi connectivity index (χ2n) is 6.68. The van der Waals surface area contributed by atoms with Gasteiger partial charge in [0.05, 0.1) is 6.61 Å². The van der Waals surface area contributed by atoms with Crippen molar-refractivity contribution in [3.63, 3.8) is 0 Å². The van der Waals surface area contributed by atoms with E-state index < -0.39 is 0 Å². The lowest BCUT2D eigenvalue weighted by molar-refractivity contribution is 0.301. The first-order valence-electron chi connectivity index (χ1n) is 8.92. The Bertz CT molecular complexity index is 900. The van der Waals surface area contributed by atoms with Crippen molar-refractivity contribution < 1.29 is 9.13 Å². The summed E-state index contributed by atoms with van der Waals surface area (Å²) < 4.78 is 21.9. The number of halogens is 1. The first-order valence-corrected chi connectivity index (χ1v) is 8.92. The number of ether oxygens (including phenoxy) is 1. The molecular weight excluding hydrogens is 315 g/mol. The quantitative estimate of drug-likeness (QED) is 0.706. The number of hydrogen-bond donors (Lipinski definition) is 1. The molecule has 3 aromatic rings. The number of aryl methyl sites for hydroxylation is 2. The molecule has 2 aromatic carbocycles. The Morgan fingerprint density at radius 1 is 1.20 bits per heavy atom. The van der Waals surface area contributed by atoms with Crippen LogP contribution in [0.1, 0.15) is 23.2 Å². The highest BCUT2D eigenvalue weighted by Crippen LogP contribution is 2.29. The first-order chi connectivity index (χ1) is 12.2. The number of fused-ring (bicyclic) bond motifs is 3. The van der Waals surface area contributed by atoms with Crippen molar-refractivity contribution in [3.05, 3.63) is 65.1 Å². The van der Waals surface area contributed by atoms with Crippen LogP contribution in [0.2, 0.25) is 0 Å². The van der Waals surface area contributed by atoms with Crippen molar-refractivity contribution in [2.75, 3.05) is 13.2 Å². The Morgan fingerprint density at radius 3 is 3.00 bits per heavy atom. The summed E-state index contributed by atoms with van der Waals surface area (Å²) >= 11 is 0. The van der Waals surface area contributed by atoms with E-state index in [9.17, 15) is 4.39 Å². The van der Waals surface area contributed by atoms with Gasteiger partial charge in [-0.2, -0.15) is 0 Å². The van der Waals surface area contributed by atoms with Gasteiger partial charge in [-0.05, 0) is 54.8 Å². The molecule has 1 aliphatic heterocycles. The topological polar surface area (TPSA) is 26.2 Å². The minimum atomic E-state index is -0.166. The van der Waals surface area contributed by atoms with E-state index in [1.54, 1.807) is 12.1 Å². The molecule has 130 valence electrons. The molecule has 1 N–H and O–H groups in total. The van der Waals surface area contributed by atoms with Crippen LogP contribution in [0.5, 0.6) is 5.75 Å². The summed E-state index contributed by atoms with van der Waals surface area (Å²) in [4.78, 5) is 0. The molecule has 1 aromatic heterocycles. The third kappa shape index (κ3) is 3.27. The minimum absolute atomic E-state index is 0.166. The van der Waals surface area contributed by atoms with Crippen LogP contribution in [-0.4, -0.2) is 17.7 Å². The molecule has 0 fully saturated rings. The van der Waals surface area contributed by atoms with E-state index in [1.807, 2.05) is 18.2 Å². The second kappa shape index (κ2) is 6.89. The van der Waals surface area contributed by atoms with Crippen LogP contribution in [0.4, 0.5) is 4.39 Å². The van der Waals surface area contributed by atoms with Gasteiger partial charge in [-0.15, -0.1) is 0 Å². The molecule has 25 heavy (non-hydrogen) atoms. The number of hydrogen-bond acceptors (Lipinski definition) is 2. The van der Waals surface area contributed by atoms with Crippen LogP contribution in [0.3, 0.4) is 0 Å². The molecule has 2 heterocycles. The number of aromatic nitrogens is 1. The van der Waals surface area contributed by atoms with E-state index in [4.69, 9.17) is 4.74 Å². The van der Waals surface area contributed by atoms with Gasteiger partial charge in [0, 0.05) is 42.7 Å². The van der Waals surface area contributed by atoms with Crippen molar-refractivity contribution in [2.24, 2.45) is 0 Å². The van der Waals surface area contributed by atoms with Gasteiger partial charge in [0.2, 0.25) is 0 Å². The van der Waals surface area contributed by atoms with E-state index in [2.05, 4.69) is 28.9 Å². The van der Waals surface area contributed by atoms with Crippen molar-refractivity contribution in [2.45, 2.75) is 32.9 Å². The number of benzene rings is 2. The van der Waals surface area contributed by atoms with Crippen molar-refractivity contribution in [1.82, 2.24) is 9.88 Å². The average molecular weight is 338 g/mol. The Kier molecular flexibility index (Phi) is 4.45. The smallest absolute Gasteiger partial charge is 0.123 e. The van der Waals surface area contributed by atoms with E-state index in [0.29, 0.717) is 6.61 Å². The molecule has 0 saturated heterocycles. The molecule has 0 spiro atoms. The highest BCUT2D eigenvalue weighted by molar-refractivity contribution is 5.86. The summed E-state index contributed by atoms with van der Waals surface area (Å²) in [5.41, 5.74) is 4.93. The predicted molar refractivity (Wildman–Crippen MR) is 98.6 cm³/mol. The molecule has 0 radical (unpaired) electrons. The maximum atomic E-state index is 13.7. The second-order valence-corrected chi connectivity index (χ2v) is 6.68. The molecule has 3 nitrogen and oxygen atoms in total. The zero-order valence-corrected chi connectivity index (χ0v) is 14.5. The summed E-state index contributed by atoms with van der Waals surface area (Å²) in [7, 11) is 0. The van der Waals surface area contributed by atoms with Crippen LogP contribution in [0.25, 0.3) is 10.9 Å².